The van der Waals surface area contributed by atoms with Crippen LogP contribution in [0.15, 0.2) is 24.3 Å². The molecule has 5 heteroatoms. The standard InChI is InChI=1S/C13H14N2O3/c1-15-11-6-4-3-5-10(11)14-13(15)12(17)7-9(16)8-18-2/h3-6H,7-8H2,1-2H3. The van der Waals surface area contributed by atoms with Gasteiger partial charge in [0.25, 0.3) is 0 Å². The minimum atomic E-state index is -0.282. The van der Waals surface area contributed by atoms with Gasteiger partial charge in [-0.15, -0.1) is 0 Å². The van der Waals surface area contributed by atoms with E-state index in [0.717, 1.165) is 11.0 Å². The Kier molecular flexibility index (Phi) is 3.53. The van der Waals surface area contributed by atoms with Gasteiger partial charge in [-0.2, -0.15) is 0 Å². The number of methoxy groups -OCH3 is 1. The fraction of sp³-hybridized carbons (Fsp3) is 0.308. The number of carbonyl (C=O) groups excluding carboxylic acids is 2. The Bertz CT molecular complexity index is 601. The van der Waals surface area contributed by atoms with E-state index < -0.39 is 0 Å². The monoisotopic (exact) mass is 246 g/mol. The van der Waals surface area contributed by atoms with E-state index in [0.29, 0.717) is 5.82 Å². The van der Waals surface area contributed by atoms with Gasteiger partial charge in [-0.3, -0.25) is 9.59 Å². The molecule has 2 aromatic rings. The number of nitrogens with zero attached hydrogens (tertiary/aromatic N) is 2. The number of ether oxygens (including phenoxy) is 1. The lowest BCUT2D eigenvalue weighted by Gasteiger charge is -2.01. The largest absolute Gasteiger partial charge is 0.377 e. The van der Waals surface area contributed by atoms with Crippen LogP contribution in [-0.2, 0) is 16.6 Å². The molecule has 1 aromatic heterocycles. The first kappa shape index (κ1) is 12.4. The smallest absolute Gasteiger partial charge is 0.205 e. The second-order valence-electron chi connectivity index (χ2n) is 4.05. The van der Waals surface area contributed by atoms with Crippen molar-refractivity contribution >= 4 is 22.6 Å². The molecule has 0 aliphatic rings. The Morgan fingerprint density at radius 1 is 1.33 bits per heavy atom. The Morgan fingerprint density at radius 3 is 2.72 bits per heavy atom. The molecule has 0 saturated carbocycles. The quantitative estimate of drug-likeness (QED) is 0.590. The van der Waals surface area contributed by atoms with Gasteiger partial charge in [-0.25, -0.2) is 4.98 Å². The molecule has 0 fully saturated rings. The number of hydrogen-bond donors (Lipinski definition) is 0. The molecule has 0 aliphatic carbocycles. The van der Waals surface area contributed by atoms with Crippen molar-refractivity contribution in [3.63, 3.8) is 0 Å². The van der Waals surface area contributed by atoms with Gasteiger partial charge in [0.05, 0.1) is 17.5 Å². The summed E-state index contributed by atoms with van der Waals surface area (Å²) in [5, 5.41) is 0. The van der Waals surface area contributed by atoms with Crippen LogP contribution in [0.5, 0.6) is 0 Å². The Balaban J connectivity index is 2.28. The first-order valence-electron chi connectivity index (χ1n) is 5.58. The van der Waals surface area contributed by atoms with Crippen molar-refractivity contribution in [3.8, 4) is 0 Å². The highest BCUT2D eigenvalue weighted by molar-refractivity contribution is 6.07. The van der Waals surface area contributed by atoms with E-state index in [1.54, 1.807) is 11.6 Å². The molecule has 94 valence electrons. The summed E-state index contributed by atoms with van der Waals surface area (Å²) in [6.07, 6.45) is -0.176. The molecule has 1 aromatic carbocycles. The molecule has 0 radical (unpaired) electrons. The van der Waals surface area contributed by atoms with Gasteiger partial charge in [0.2, 0.25) is 5.78 Å². The van der Waals surface area contributed by atoms with Gasteiger partial charge in [0, 0.05) is 14.2 Å². The van der Waals surface area contributed by atoms with Gasteiger partial charge >= 0.3 is 0 Å². The number of hydrogen-bond acceptors (Lipinski definition) is 4. The lowest BCUT2D eigenvalue weighted by atomic mass is 10.2. The molecule has 0 spiro atoms. The van der Waals surface area contributed by atoms with Crippen molar-refractivity contribution < 1.29 is 14.3 Å². The number of Topliss-reactive ketones (excluding diaryl/α,β-unsaturated/α-hetero) is 2. The lowest BCUT2D eigenvalue weighted by Crippen LogP contribution is -2.16. The van der Waals surface area contributed by atoms with Gasteiger partial charge in [0.1, 0.15) is 6.61 Å². The fourth-order valence-corrected chi connectivity index (χ4v) is 1.87. The number of aryl methyl sites for hydroxylation is 1. The molecule has 0 amide bonds. The third kappa shape index (κ3) is 2.31. The van der Waals surface area contributed by atoms with E-state index in [1.807, 2.05) is 24.3 Å². The minimum Gasteiger partial charge on any atom is -0.377 e. The number of fused-ring (bicyclic) bond motifs is 1. The predicted molar refractivity (Wildman–Crippen MR) is 66.5 cm³/mol. The normalized spacial score (nSPS) is 10.8. The van der Waals surface area contributed by atoms with E-state index in [-0.39, 0.29) is 24.6 Å². The summed E-state index contributed by atoms with van der Waals surface area (Å²) in [5.74, 6) is -0.217. The second kappa shape index (κ2) is 5.10. The summed E-state index contributed by atoms with van der Waals surface area (Å²) >= 11 is 0. The second-order valence-corrected chi connectivity index (χ2v) is 4.05. The van der Waals surface area contributed by atoms with Gasteiger partial charge in [-0.05, 0) is 12.1 Å². The summed E-state index contributed by atoms with van der Waals surface area (Å²) in [6.45, 7) is -0.0459. The van der Waals surface area contributed by atoms with Gasteiger partial charge < -0.3 is 9.30 Å². The van der Waals surface area contributed by atoms with Crippen molar-refractivity contribution in [2.24, 2.45) is 7.05 Å². The van der Waals surface area contributed by atoms with Crippen LogP contribution in [0.1, 0.15) is 17.0 Å². The van der Waals surface area contributed by atoms with Crippen LogP contribution in [0.2, 0.25) is 0 Å². The number of imidazole rings is 1. The Hall–Kier alpha value is -2.01. The van der Waals surface area contributed by atoms with Crippen molar-refractivity contribution in [1.82, 2.24) is 9.55 Å². The summed E-state index contributed by atoms with van der Waals surface area (Å²) < 4.78 is 6.41. The number of benzene rings is 1. The molecule has 18 heavy (non-hydrogen) atoms. The topological polar surface area (TPSA) is 61.2 Å². The van der Waals surface area contributed by atoms with Gasteiger partial charge in [0.15, 0.2) is 11.6 Å². The zero-order valence-electron chi connectivity index (χ0n) is 10.3. The highest BCUT2D eigenvalue weighted by Crippen LogP contribution is 2.15. The van der Waals surface area contributed by atoms with Crippen LogP contribution in [0.4, 0.5) is 0 Å². The van der Waals surface area contributed by atoms with Crippen molar-refractivity contribution in [2.75, 3.05) is 13.7 Å². The summed E-state index contributed by atoms with van der Waals surface area (Å²) in [6, 6.07) is 7.47. The summed E-state index contributed by atoms with van der Waals surface area (Å²) in [7, 11) is 3.20. The minimum absolute atomic E-state index is 0.0459. The zero-order chi connectivity index (χ0) is 13.1. The molecule has 0 unspecified atom stereocenters. The lowest BCUT2D eigenvalue weighted by molar-refractivity contribution is -0.121. The average Bonchev–Trinajstić information content (AvgIpc) is 2.68. The molecule has 1 heterocycles. The van der Waals surface area contributed by atoms with E-state index in [4.69, 9.17) is 4.74 Å². The maximum absolute atomic E-state index is 12.0. The fourth-order valence-electron chi connectivity index (χ4n) is 1.87. The predicted octanol–water partition coefficient (Wildman–Crippen LogP) is 1.36. The average molecular weight is 246 g/mol. The first-order chi connectivity index (χ1) is 8.63. The SMILES string of the molecule is COCC(=O)CC(=O)c1nc2ccccc2n1C. The molecule has 5 nitrogen and oxygen atoms in total. The van der Waals surface area contributed by atoms with E-state index in [2.05, 4.69) is 4.98 Å². The maximum Gasteiger partial charge on any atom is 0.205 e. The molecule has 0 aliphatic heterocycles. The third-order valence-electron chi connectivity index (χ3n) is 2.70. The number of rotatable bonds is 5. The molecular formula is C13H14N2O3. The van der Waals surface area contributed by atoms with Gasteiger partial charge in [-0.1, -0.05) is 12.1 Å². The van der Waals surface area contributed by atoms with Crippen LogP contribution in [0.25, 0.3) is 11.0 Å². The van der Waals surface area contributed by atoms with E-state index in [9.17, 15) is 9.59 Å². The number of aromatic nitrogens is 2. The molecule has 2 rings (SSSR count). The maximum atomic E-state index is 12.0. The highest BCUT2D eigenvalue weighted by Gasteiger charge is 2.17. The van der Waals surface area contributed by atoms with Crippen LogP contribution in [-0.4, -0.2) is 34.8 Å². The number of carbonyl (C=O) groups is 2. The van der Waals surface area contributed by atoms with Crippen molar-refractivity contribution in [1.29, 1.82) is 0 Å². The van der Waals surface area contributed by atoms with Crippen molar-refractivity contribution in [2.45, 2.75) is 6.42 Å². The highest BCUT2D eigenvalue weighted by atomic mass is 16.5. The van der Waals surface area contributed by atoms with Crippen LogP contribution in [0, 0.1) is 0 Å². The van der Waals surface area contributed by atoms with E-state index in [1.165, 1.54) is 7.11 Å². The zero-order valence-corrected chi connectivity index (χ0v) is 10.3. The number of ketones is 2. The Labute approximate surface area is 104 Å². The molecule has 0 saturated heterocycles. The first-order valence-corrected chi connectivity index (χ1v) is 5.58. The molecule has 0 atom stereocenters. The molecule has 0 bridgehead atoms. The van der Waals surface area contributed by atoms with Crippen LogP contribution < -0.4 is 0 Å². The van der Waals surface area contributed by atoms with Crippen LogP contribution in [0.3, 0.4) is 0 Å². The number of para-hydroxylation sites is 2. The summed E-state index contributed by atoms with van der Waals surface area (Å²) in [4.78, 5) is 27.6. The molecular weight excluding hydrogens is 232 g/mol. The summed E-state index contributed by atoms with van der Waals surface area (Å²) in [5.41, 5.74) is 1.63. The Morgan fingerprint density at radius 2 is 2.06 bits per heavy atom. The third-order valence-corrected chi connectivity index (χ3v) is 2.70. The molecule has 0 N–H and O–H groups in total. The van der Waals surface area contributed by atoms with Crippen molar-refractivity contribution in [3.05, 3.63) is 30.1 Å². The van der Waals surface area contributed by atoms with Crippen LogP contribution >= 0.6 is 0 Å². The van der Waals surface area contributed by atoms with E-state index >= 15 is 0 Å².